The molecule has 1 heterocycles. The van der Waals surface area contributed by atoms with E-state index in [1.54, 1.807) is 0 Å². The van der Waals surface area contributed by atoms with Gasteiger partial charge in [-0.05, 0) is 6.92 Å². The highest BCUT2D eigenvalue weighted by atomic mass is 79.9. The fourth-order valence-corrected chi connectivity index (χ4v) is 1.31. The van der Waals surface area contributed by atoms with Crippen LogP contribution in [0.5, 0.6) is 0 Å². The average Bonchev–Trinajstić information content (AvgIpc) is 1.98. The number of nitrogens with zero attached hydrogens (tertiary/aromatic N) is 2. The molecule has 0 saturated heterocycles. The summed E-state index contributed by atoms with van der Waals surface area (Å²) in [5, 5.41) is 0. The Hall–Kier alpha value is -0.310. The Morgan fingerprint density at radius 1 is 1.67 bits per heavy atom. The first kappa shape index (κ1) is 6.81. The molecule has 0 radical (unpaired) electrons. The number of rotatable bonds is 0. The van der Waals surface area contributed by atoms with Crippen molar-refractivity contribution in [2.24, 2.45) is 14.1 Å². The molecule has 3 heteroatoms. The van der Waals surface area contributed by atoms with Crippen molar-refractivity contribution in [2.75, 3.05) is 0 Å². The lowest BCUT2D eigenvalue weighted by molar-refractivity contribution is -0.761. The van der Waals surface area contributed by atoms with Gasteiger partial charge in [-0.2, -0.15) is 4.68 Å². The molecule has 50 valence electrons. The van der Waals surface area contributed by atoms with Gasteiger partial charge in [0.1, 0.15) is 0 Å². The third-order valence-electron chi connectivity index (χ3n) is 1.60. The number of halogens is 1. The van der Waals surface area contributed by atoms with Crippen molar-refractivity contribution < 1.29 is 4.68 Å². The Kier molecular flexibility index (Phi) is 1.62. The van der Waals surface area contributed by atoms with E-state index < -0.39 is 0 Å². The van der Waals surface area contributed by atoms with Crippen molar-refractivity contribution >= 4 is 15.9 Å². The zero-order valence-corrected chi connectivity index (χ0v) is 7.44. The molecule has 2 nitrogen and oxygen atoms in total. The molecule has 0 aliphatic heterocycles. The summed E-state index contributed by atoms with van der Waals surface area (Å²) < 4.78 is 5.22. The largest absolute Gasteiger partial charge is 0.273 e. The van der Waals surface area contributed by atoms with Crippen LogP contribution in [0.25, 0.3) is 0 Å². The molecule has 1 aromatic rings. The number of hydrogen-bond donors (Lipinski definition) is 0. The molecule has 9 heavy (non-hydrogen) atoms. The van der Waals surface area contributed by atoms with E-state index in [4.69, 9.17) is 0 Å². The highest BCUT2D eigenvalue weighted by molar-refractivity contribution is 9.10. The maximum Gasteiger partial charge on any atom is 0.273 e. The summed E-state index contributed by atoms with van der Waals surface area (Å²) >= 11 is 3.41. The zero-order chi connectivity index (χ0) is 7.02. The van der Waals surface area contributed by atoms with Gasteiger partial charge < -0.3 is 0 Å². The number of hydrogen-bond acceptors (Lipinski definition) is 0. The first-order valence-electron chi connectivity index (χ1n) is 2.81. The second-order valence-corrected chi connectivity index (χ2v) is 2.97. The van der Waals surface area contributed by atoms with Crippen LogP contribution >= 0.6 is 15.9 Å². The van der Waals surface area contributed by atoms with E-state index in [0.717, 1.165) is 4.60 Å². The summed E-state index contributed by atoms with van der Waals surface area (Å²) in [7, 11) is 4.04. The molecular weight excluding hydrogens is 180 g/mol. The molecule has 1 aromatic heterocycles. The molecule has 0 N–H and O–H groups in total. The molecule has 0 bridgehead atoms. The maximum atomic E-state index is 3.41. The average molecular weight is 190 g/mol. The first-order chi connectivity index (χ1) is 4.13. The Balaban J connectivity index is 3.29. The summed E-state index contributed by atoms with van der Waals surface area (Å²) in [6.45, 7) is 2.07. The van der Waals surface area contributed by atoms with Gasteiger partial charge in [0.05, 0.1) is 12.7 Å². The lowest BCUT2D eigenvalue weighted by atomic mass is 10.5. The monoisotopic (exact) mass is 189 g/mol. The van der Waals surface area contributed by atoms with Crippen LogP contribution in [-0.4, -0.2) is 4.68 Å². The fourth-order valence-electron chi connectivity index (χ4n) is 0.739. The van der Waals surface area contributed by atoms with Gasteiger partial charge in [-0.1, -0.05) is 0 Å². The van der Waals surface area contributed by atoms with Gasteiger partial charge in [0.15, 0.2) is 7.05 Å². The molecule has 0 aliphatic carbocycles. The van der Waals surface area contributed by atoms with E-state index in [-0.39, 0.29) is 0 Å². The van der Waals surface area contributed by atoms with Gasteiger partial charge >= 0.3 is 0 Å². The topological polar surface area (TPSA) is 8.81 Å². The smallest absolute Gasteiger partial charge is 0.160 e. The number of aromatic nitrogens is 2. The van der Waals surface area contributed by atoms with Crippen LogP contribution < -0.4 is 4.68 Å². The van der Waals surface area contributed by atoms with Gasteiger partial charge in [-0.3, -0.25) is 0 Å². The Labute approximate surface area is 63.2 Å². The van der Waals surface area contributed by atoms with Gasteiger partial charge in [0.25, 0.3) is 4.60 Å². The van der Waals surface area contributed by atoms with E-state index in [0.29, 0.717) is 0 Å². The lowest BCUT2D eigenvalue weighted by Crippen LogP contribution is -2.38. The van der Waals surface area contributed by atoms with Crippen LogP contribution in [0.3, 0.4) is 0 Å². The molecule has 0 aromatic carbocycles. The van der Waals surface area contributed by atoms with Crippen LogP contribution in [0.1, 0.15) is 5.69 Å². The molecule has 0 amide bonds. The van der Waals surface area contributed by atoms with Crippen LogP contribution in [-0.2, 0) is 14.1 Å². The normalized spacial score (nSPS) is 10.2. The van der Waals surface area contributed by atoms with Crippen molar-refractivity contribution in [3.8, 4) is 0 Å². The Bertz CT molecular complexity index is 205. The van der Waals surface area contributed by atoms with Crippen LogP contribution in [0.15, 0.2) is 10.7 Å². The molecule has 0 aliphatic rings. The Morgan fingerprint density at radius 3 is 2.33 bits per heavy atom. The minimum atomic E-state index is 1.11. The molecule has 0 unspecified atom stereocenters. The fraction of sp³-hybridized carbons (Fsp3) is 0.500. The highest BCUT2D eigenvalue weighted by Crippen LogP contribution is 2.04. The van der Waals surface area contributed by atoms with Crippen LogP contribution in [0, 0.1) is 6.92 Å². The predicted octanol–water partition coefficient (Wildman–Crippen LogP) is 0.921. The quantitative estimate of drug-likeness (QED) is 0.538. The lowest BCUT2D eigenvalue weighted by Gasteiger charge is -1.89. The second kappa shape index (κ2) is 2.14. The van der Waals surface area contributed by atoms with Gasteiger partial charge in [-0.15, -0.1) is 4.68 Å². The van der Waals surface area contributed by atoms with E-state index in [1.165, 1.54) is 5.69 Å². The summed E-state index contributed by atoms with van der Waals surface area (Å²) in [6.07, 6.45) is 0. The summed E-state index contributed by atoms with van der Waals surface area (Å²) in [4.78, 5) is 0. The van der Waals surface area contributed by atoms with E-state index in [2.05, 4.69) is 33.6 Å². The molecule has 0 saturated carbocycles. The third-order valence-corrected chi connectivity index (χ3v) is 2.34. The SMILES string of the molecule is Cc1cc(Br)[n+](C)n1C. The van der Waals surface area contributed by atoms with Gasteiger partial charge in [0, 0.05) is 22.0 Å². The molecule has 0 fully saturated rings. The standard InChI is InChI=1S/C6H10BrN2/c1-5-4-6(7)9(3)8(5)2/h4H,1-3H3/q+1. The zero-order valence-electron chi connectivity index (χ0n) is 5.85. The van der Waals surface area contributed by atoms with Crippen molar-refractivity contribution in [3.63, 3.8) is 0 Å². The van der Waals surface area contributed by atoms with Gasteiger partial charge in [-0.25, -0.2) is 0 Å². The van der Waals surface area contributed by atoms with E-state index >= 15 is 0 Å². The van der Waals surface area contributed by atoms with Crippen LogP contribution in [0.4, 0.5) is 0 Å². The first-order valence-corrected chi connectivity index (χ1v) is 3.60. The predicted molar refractivity (Wildman–Crippen MR) is 39.0 cm³/mol. The van der Waals surface area contributed by atoms with E-state index in [9.17, 15) is 0 Å². The highest BCUT2D eigenvalue weighted by Gasteiger charge is 2.08. The molecular formula is C6H10BrN2+. The van der Waals surface area contributed by atoms with E-state index in [1.807, 2.05) is 18.8 Å². The van der Waals surface area contributed by atoms with Gasteiger partial charge in [0.2, 0.25) is 0 Å². The minimum Gasteiger partial charge on any atom is -0.160 e. The summed E-state index contributed by atoms with van der Waals surface area (Å²) in [6, 6.07) is 2.08. The molecule has 1 rings (SSSR count). The third kappa shape index (κ3) is 1.01. The van der Waals surface area contributed by atoms with Crippen molar-refractivity contribution in [1.82, 2.24) is 4.68 Å². The van der Waals surface area contributed by atoms with Crippen molar-refractivity contribution in [1.29, 1.82) is 0 Å². The molecule has 0 atom stereocenters. The van der Waals surface area contributed by atoms with Crippen molar-refractivity contribution in [3.05, 3.63) is 16.4 Å². The maximum absolute atomic E-state index is 3.41. The summed E-state index contributed by atoms with van der Waals surface area (Å²) in [5.74, 6) is 0. The second-order valence-electron chi connectivity index (χ2n) is 2.16. The minimum absolute atomic E-state index is 1.11. The molecule has 0 spiro atoms. The van der Waals surface area contributed by atoms with Crippen molar-refractivity contribution in [2.45, 2.75) is 6.92 Å². The summed E-state index contributed by atoms with van der Waals surface area (Å²) in [5.41, 5.74) is 1.25. The van der Waals surface area contributed by atoms with Crippen LogP contribution in [0.2, 0.25) is 0 Å². The Morgan fingerprint density at radius 2 is 2.22 bits per heavy atom. The number of aryl methyl sites for hydroxylation is 1.